The molecule has 1 fully saturated rings. The van der Waals surface area contributed by atoms with E-state index < -0.39 is 23.4 Å². The number of imide groups is 1. The molecule has 0 aliphatic carbocycles. The fourth-order valence-corrected chi connectivity index (χ4v) is 3.98. The number of aliphatic hydroxyl groups is 1. The zero-order valence-corrected chi connectivity index (χ0v) is 21.8. The molecule has 0 spiro atoms. The van der Waals surface area contributed by atoms with Crippen LogP contribution < -0.4 is 9.47 Å². The molecule has 8 nitrogen and oxygen atoms in total. The van der Waals surface area contributed by atoms with Crippen LogP contribution in [0.4, 0.5) is 0 Å². The SMILES string of the molecule is CCOc1ccc(C(O)(/C(C)=C/C=C\S)c2ccc(OCCCC(=O)ON3C(=O)CCC3=O)cc2)cc1. The van der Waals surface area contributed by atoms with Crippen LogP contribution in [-0.4, -0.2) is 41.2 Å². The van der Waals surface area contributed by atoms with Crippen molar-refractivity contribution in [1.82, 2.24) is 5.06 Å². The lowest BCUT2D eigenvalue weighted by molar-refractivity contribution is -0.197. The molecule has 1 aliphatic rings. The third kappa shape index (κ3) is 7.02. The Balaban J connectivity index is 1.64. The molecule has 1 N–H and O–H groups in total. The van der Waals surface area contributed by atoms with Gasteiger partial charge in [0.1, 0.15) is 17.1 Å². The van der Waals surface area contributed by atoms with Gasteiger partial charge in [0, 0.05) is 12.8 Å². The second kappa shape index (κ2) is 13.1. The molecule has 3 rings (SSSR count). The van der Waals surface area contributed by atoms with Crippen LogP contribution in [-0.2, 0) is 24.8 Å². The van der Waals surface area contributed by atoms with Crippen molar-refractivity contribution < 1.29 is 33.8 Å². The highest BCUT2D eigenvalue weighted by Crippen LogP contribution is 2.38. The van der Waals surface area contributed by atoms with Crippen molar-refractivity contribution in [3.63, 3.8) is 0 Å². The summed E-state index contributed by atoms with van der Waals surface area (Å²) in [6.07, 6.45) is 3.99. The van der Waals surface area contributed by atoms with Crippen molar-refractivity contribution in [2.24, 2.45) is 0 Å². The van der Waals surface area contributed by atoms with E-state index >= 15 is 0 Å². The van der Waals surface area contributed by atoms with Gasteiger partial charge in [-0.3, -0.25) is 9.59 Å². The summed E-state index contributed by atoms with van der Waals surface area (Å²) in [7, 11) is 0. The van der Waals surface area contributed by atoms with Gasteiger partial charge in [-0.05, 0) is 66.6 Å². The Bertz CT molecular complexity index is 1140. The number of rotatable bonds is 12. The Morgan fingerprint density at radius 3 is 2.05 bits per heavy atom. The molecule has 9 heteroatoms. The molecule has 1 heterocycles. The van der Waals surface area contributed by atoms with Gasteiger partial charge in [-0.2, -0.15) is 12.6 Å². The van der Waals surface area contributed by atoms with Crippen molar-refractivity contribution >= 4 is 30.4 Å². The molecule has 1 saturated heterocycles. The molecule has 2 aromatic rings. The van der Waals surface area contributed by atoms with Crippen LogP contribution in [0, 0.1) is 0 Å². The van der Waals surface area contributed by atoms with E-state index in [2.05, 4.69) is 12.6 Å². The molecule has 2 amide bonds. The molecule has 0 bridgehead atoms. The summed E-state index contributed by atoms with van der Waals surface area (Å²) in [4.78, 5) is 39.8. The number of allylic oxidation sites excluding steroid dienone is 2. The minimum atomic E-state index is -1.40. The largest absolute Gasteiger partial charge is 0.494 e. The van der Waals surface area contributed by atoms with Crippen molar-refractivity contribution in [1.29, 1.82) is 0 Å². The molecule has 0 saturated carbocycles. The van der Waals surface area contributed by atoms with E-state index in [4.69, 9.17) is 14.3 Å². The second-order valence-corrected chi connectivity index (χ2v) is 8.68. The smallest absolute Gasteiger partial charge is 0.333 e. The van der Waals surface area contributed by atoms with Gasteiger partial charge in [0.05, 0.1) is 19.6 Å². The Kier molecular flexibility index (Phi) is 9.93. The number of nitrogens with zero attached hydrogens (tertiary/aromatic N) is 1. The van der Waals surface area contributed by atoms with Gasteiger partial charge in [0.25, 0.3) is 11.8 Å². The van der Waals surface area contributed by atoms with E-state index in [1.807, 2.05) is 38.1 Å². The van der Waals surface area contributed by atoms with E-state index in [1.165, 1.54) is 0 Å². The van der Waals surface area contributed by atoms with Crippen LogP contribution in [0.15, 0.2) is 71.7 Å². The topological polar surface area (TPSA) is 102 Å². The molecular weight excluding hydrogens is 494 g/mol. The lowest BCUT2D eigenvalue weighted by atomic mass is 9.80. The summed E-state index contributed by atoms with van der Waals surface area (Å²) in [5.74, 6) is -0.400. The lowest BCUT2D eigenvalue weighted by Crippen LogP contribution is -2.32. The Morgan fingerprint density at radius 2 is 1.54 bits per heavy atom. The third-order valence-electron chi connectivity index (χ3n) is 5.85. The molecular formula is C28H31NO7S. The highest BCUT2D eigenvalue weighted by atomic mass is 32.1. The molecule has 37 heavy (non-hydrogen) atoms. The maximum absolute atomic E-state index is 11.9. The molecule has 1 unspecified atom stereocenters. The van der Waals surface area contributed by atoms with Gasteiger partial charge in [-0.15, -0.1) is 5.06 Å². The van der Waals surface area contributed by atoms with Crippen molar-refractivity contribution in [2.45, 2.75) is 45.1 Å². The van der Waals surface area contributed by atoms with E-state index in [0.29, 0.717) is 40.5 Å². The van der Waals surface area contributed by atoms with E-state index in [1.54, 1.807) is 41.8 Å². The summed E-state index contributed by atoms with van der Waals surface area (Å²) in [6, 6.07) is 14.4. The number of hydrogen-bond acceptors (Lipinski definition) is 8. The number of amides is 2. The van der Waals surface area contributed by atoms with Gasteiger partial charge < -0.3 is 19.4 Å². The zero-order valence-electron chi connectivity index (χ0n) is 20.9. The first-order valence-corrected chi connectivity index (χ1v) is 12.5. The van der Waals surface area contributed by atoms with Crippen LogP contribution in [0.25, 0.3) is 0 Å². The quantitative estimate of drug-likeness (QED) is 0.182. The minimum absolute atomic E-state index is 0.00468. The normalized spacial score (nSPS) is 15.7. The number of ether oxygens (including phenoxy) is 2. The highest BCUT2D eigenvalue weighted by molar-refractivity contribution is 7.83. The standard InChI is InChI=1S/C28H31NO7S/c1-3-34-23-12-8-21(9-13-23)28(33,20(2)6-5-19-37)22-10-14-24(15-11-22)35-18-4-7-27(32)36-29-25(30)16-17-26(29)31/h5-6,8-15,19,33,37H,3-4,7,16-18H2,1-2H3/b19-5-,20-6+. The van der Waals surface area contributed by atoms with Gasteiger partial charge in [-0.1, -0.05) is 36.4 Å². The number of benzene rings is 2. The number of thiol groups is 1. The Labute approximate surface area is 221 Å². The molecule has 1 aliphatic heterocycles. The first-order valence-electron chi connectivity index (χ1n) is 12.0. The lowest BCUT2D eigenvalue weighted by Gasteiger charge is -2.31. The van der Waals surface area contributed by atoms with E-state index in [9.17, 15) is 19.5 Å². The summed E-state index contributed by atoms with van der Waals surface area (Å²) in [5.41, 5.74) is 0.627. The zero-order chi connectivity index (χ0) is 26.8. The minimum Gasteiger partial charge on any atom is -0.494 e. The van der Waals surface area contributed by atoms with Crippen LogP contribution in [0.3, 0.4) is 0 Å². The maximum Gasteiger partial charge on any atom is 0.333 e. The van der Waals surface area contributed by atoms with Gasteiger partial charge in [0.15, 0.2) is 0 Å². The summed E-state index contributed by atoms with van der Waals surface area (Å²) in [5, 5.41) is 14.0. The van der Waals surface area contributed by atoms with Crippen molar-refractivity contribution in [2.75, 3.05) is 13.2 Å². The van der Waals surface area contributed by atoms with Crippen LogP contribution >= 0.6 is 12.6 Å². The molecule has 0 radical (unpaired) electrons. The number of hydroxylamine groups is 2. The highest BCUT2D eigenvalue weighted by Gasteiger charge is 2.34. The predicted molar refractivity (Wildman–Crippen MR) is 141 cm³/mol. The fourth-order valence-electron chi connectivity index (χ4n) is 3.89. The molecule has 1 atom stereocenters. The summed E-state index contributed by atoms with van der Waals surface area (Å²) in [6.45, 7) is 4.53. The number of hydrogen-bond donors (Lipinski definition) is 2. The molecule has 2 aromatic carbocycles. The average molecular weight is 526 g/mol. The summed E-state index contributed by atoms with van der Waals surface area (Å²) >= 11 is 4.10. The first-order chi connectivity index (χ1) is 17.8. The average Bonchev–Trinajstić information content (AvgIpc) is 3.22. The van der Waals surface area contributed by atoms with Crippen molar-refractivity contribution in [3.8, 4) is 11.5 Å². The Morgan fingerprint density at radius 1 is 1.00 bits per heavy atom. The third-order valence-corrected chi connectivity index (χ3v) is 6.02. The summed E-state index contributed by atoms with van der Waals surface area (Å²) < 4.78 is 11.2. The van der Waals surface area contributed by atoms with Crippen LogP contribution in [0.1, 0.15) is 50.7 Å². The van der Waals surface area contributed by atoms with E-state index in [0.717, 1.165) is 5.75 Å². The van der Waals surface area contributed by atoms with E-state index in [-0.39, 0.29) is 25.9 Å². The predicted octanol–water partition coefficient (Wildman–Crippen LogP) is 4.48. The van der Waals surface area contributed by atoms with Crippen LogP contribution in [0.5, 0.6) is 11.5 Å². The van der Waals surface area contributed by atoms with Gasteiger partial charge in [0.2, 0.25) is 0 Å². The monoisotopic (exact) mass is 525 g/mol. The maximum atomic E-state index is 11.9. The van der Waals surface area contributed by atoms with Gasteiger partial charge in [-0.25, -0.2) is 4.79 Å². The number of carbonyl (C=O) groups is 3. The molecule has 196 valence electrons. The second-order valence-electron chi connectivity index (χ2n) is 8.38. The van der Waals surface area contributed by atoms with Crippen LogP contribution in [0.2, 0.25) is 0 Å². The van der Waals surface area contributed by atoms with Gasteiger partial charge >= 0.3 is 5.97 Å². The Hall–Kier alpha value is -3.56. The number of carbonyl (C=O) groups excluding carboxylic acids is 3. The fraction of sp³-hybridized carbons (Fsp3) is 0.321. The molecule has 0 aromatic heterocycles. The first kappa shape index (κ1) is 28.0. The van der Waals surface area contributed by atoms with Crippen molar-refractivity contribution in [3.05, 3.63) is 82.8 Å².